The zero-order valence-electron chi connectivity index (χ0n) is 25.5. The Morgan fingerprint density at radius 2 is 1.76 bits per heavy atom. The summed E-state index contributed by atoms with van der Waals surface area (Å²) in [6.45, 7) is 8.54. The fourth-order valence-electron chi connectivity index (χ4n) is 7.27. The van der Waals surface area contributed by atoms with Crippen molar-refractivity contribution < 1.29 is 19.5 Å². The number of nitrogens with zero attached hydrogens (tertiary/aromatic N) is 4. The lowest BCUT2D eigenvalue weighted by Gasteiger charge is -2.52. The third-order valence-corrected chi connectivity index (χ3v) is 9.92. The highest BCUT2D eigenvalue weighted by molar-refractivity contribution is 6.00. The molecule has 2 aromatic rings. The van der Waals surface area contributed by atoms with Crippen LogP contribution in [0, 0.1) is 19.8 Å². The third-order valence-electron chi connectivity index (χ3n) is 9.92. The molecule has 3 fully saturated rings. The smallest absolute Gasteiger partial charge is 0.246 e. The van der Waals surface area contributed by atoms with Crippen molar-refractivity contribution in [2.24, 2.45) is 5.92 Å². The summed E-state index contributed by atoms with van der Waals surface area (Å²) in [4.78, 5) is 43.8. The second-order valence-corrected chi connectivity index (χ2v) is 12.6. The molecular weight excluding hydrogens is 530 g/mol. The summed E-state index contributed by atoms with van der Waals surface area (Å²) in [6, 6.07) is 6.75. The van der Waals surface area contributed by atoms with Crippen LogP contribution in [0.1, 0.15) is 98.4 Å². The van der Waals surface area contributed by atoms with E-state index < -0.39 is 12.1 Å². The quantitative estimate of drug-likeness (QED) is 0.412. The van der Waals surface area contributed by atoms with E-state index in [2.05, 4.69) is 24.1 Å². The van der Waals surface area contributed by atoms with Gasteiger partial charge in [-0.2, -0.15) is 5.10 Å². The predicted octanol–water partition coefficient (Wildman–Crippen LogP) is 4.10. The average molecular weight is 578 g/mol. The molecule has 9 heteroatoms. The molecule has 2 amide bonds. The highest BCUT2D eigenvalue weighted by Crippen LogP contribution is 2.36. The van der Waals surface area contributed by atoms with Gasteiger partial charge >= 0.3 is 0 Å². The second-order valence-electron chi connectivity index (χ2n) is 12.6. The Bertz CT molecular complexity index is 1270. The number of amides is 2. The molecule has 1 aliphatic carbocycles. The first kappa shape index (κ1) is 30.4. The first-order valence-electron chi connectivity index (χ1n) is 15.9. The maximum Gasteiger partial charge on any atom is 0.246 e. The van der Waals surface area contributed by atoms with Gasteiger partial charge in [-0.1, -0.05) is 45.4 Å². The van der Waals surface area contributed by atoms with Crippen molar-refractivity contribution in [1.29, 1.82) is 0 Å². The second kappa shape index (κ2) is 13.1. The first-order valence-corrected chi connectivity index (χ1v) is 15.9. The highest BCUT2D eigenvalue weighted by Gasteiger charge is 2.53. The van der Waals surface area contributed by atoms with Gasteiger partial charge in [0, 0.05) is 43.0 Å². The van der Waals surface area contributed by atoms with Crippen LogP contribution >= 0.6 is 0 Å². The van der Waals surface area contributed by atoms with Crippen LogP contribution < -0.4 is 5.32 Å². The molecule has 0 unspecified atom stereocenters. The van der Waals surface area contributed by atoms with Crippen molar-refractivity contribution in [3.63, 3.8) is 0 Å². The molecular formula is C33H47N5O4. The Hall–Kier alpha value is -3.04. The van der Waals surface area contributed by atoms with Crippen LogP contribution in [0.4, 0.5) is 0 Å². The number of hydrogen-bond donors (Lipinski definition) is 2. The monoisotopic (exact) mass is 577 g/mol. The first-order chi connectivity index (χ1) is 20.3. The van der Waals surface area contributed by atoms with Crippen LogP contribution in [-0.4, -0.2) is 80.1 Å². The van der Waals surface area contributed by atoms with Crippen LogP contribution in [0.5, 0.6) is 0 Å². The number of unbranched alkanes of at least 4 members (excludes halogenated alkanes) is 1. The van der Waals surface area contributed by atoms with Gasteiger partial charge in [0.25, 0.3) is 0 Å². The number of aliphatic hydroxyl groups excluding tert-OH is 1. The zero-order chi connectivity index (χ0) is 29.9. The third kappa shape index (κ3) is 6.04. The van der Waals surface area contributed by atoms with Gasteiger partial charge in [0.1, 0.15) is 18.2 Å². The van der Waals surface area contributed by atoms with Gasteiger partial charge in [-0.15, -0.1) is 0 Å². The standard InChI is InChI=1S/C33H47N5O4/c1-4-5-17-37-31(41)29(20-25-9-7-6-8-10-25)34-32(42)33(37)15-18-36(19-16-33)21-28-23(2)35-38(24(28)3)27-13-11-26(12-14-27)30(40)22-39/h11-14,25,29,39H,4-10,15-22H2,1-3H3,(H,34,42)/t29-/m0/s1. The molecule has 5 rings (SSSR count). The van der Waals surface area contributed by atoms with E-state index in [-0.39, 0.29) is 23.6 Å². The Balaban J connectivity index is 1.27. The van der Waals surface area contributed by atoms with Crippen LogP contribution in [0.25, 0.3) is 5.69 Å². The van der Waals surface area contributed by atoms with E-state index in [0.717, 1.165) is 61.5 Å². The van der Waals surface area contributed by atoms with E-state index in [0.29, 0.717) is 30.9 Å². The van der Waals surface area contributed by atoms with E-state index in [1.165, 1.54) is 32.1 Å². The lowest BCUT2D eigenvalue weighted by atomic mass is 9.79. The van der Waals surface area contributed by atoms with Crippen molar-refractivity contribution in [2.45, 2.75) is 103 Å². The number of likely N-dealkylation sites (tertiary alicyclic amines) is 1. The van der Waals surface area contributed by atoms with E-state index in [1.54, 1.807) is 12.1 Å². The summed E-state index contributed by atoms with van der Waals surface area (Å²) in [5.74, 6) is 0.397. The molecule has 1 saturated carbocycles. The lowest BCUT2D eigenvalue weighted by Crippen LogP contribution is -2.73. The largest absolute Gasteiger partial charge is 0.388 e. The molecule has 1 aromatic carbocycles. The summed E-state index contributed by atoms with van der Waals surface area (Å²) >= 11 is 0. The molecule has 1 spiro atoms. The van der Waals surface area contributed by atoms with Crippen LogP contribution in [0.3, 0.4) is 0 Å². The number of benzene rings is 1. The van der Waals surface area contributed by atoms with Crippen molar-refractivity contribution >= 4 is 17.6 Å². The maximum atomic E-state index is 13.9. The molecule has 1 atom stereocenters. The van der Waals surface area contributed by atoms with Crippen LogP contribution in [0.2, 0.25) is 0 Å². The summed E-state index contributed by atoms with van der Waals surface area (Å²) in [5.41, 5.74) is 3.72. The van der Waals surface area contributed by atoms with E-state index in [4.69, 9.17) is 10.2 Å². The van der Waals surface area contributed by atoms with E-state index in [1.807, 2.05) is 28.6 Å². The molecule has 3 heterocycles. The molecule has 0 radical (unpaired) electrons. The minimum absolute atomic E-state index is 0.0435. The summed E-state index contributed by atoms with van der Waals surface area (Å²) in [5, 5.41) is 17.1. The molecule has 3 aliphatic rings. The van der Waals surface area contributed by atoms with E-state index >= 15 is 0 Å². The number of piperidine rings is 1. The fraction of sp³-hybridized carbons (Fsp3) is 0.636. The number of piperazine rings is 1. The number of nitrogens with one attached hydrogen (secondary N) is 1. The van der Waals surface area contributed by atoms with Crippen molar-refractivity contribution in [3.8, 4) is 5.69 Å². The average Bonchev–Trinajstić information content (AvgIpc) is 3.29. The number of aliphatic hydroxyl groups is 1. The van der Waals surface area contributed by atoms with Crippen LogP contribution in [-0.2, 0) is 16.1 Å². The Labute approximate surface area is 249 Å². The number of aryl methyl sites for hydroxylation is 1. The van der Waals surface area contributed by atoms with E-state index in [9.17, 15) is 14.4 Å². The number of carbonyl (C=O) groups is 3. The van der Waals surface area contributed by atoms with Crippen molar-refractivity contribution in [3.05, 3.63) is 46.8 Å². The molecule has 1 aromatic heterocycles. The Morgan fingerprint density at radius 3 is 2.40 bits per heavy atom. The number of Topliss-reactive ketones (excluding diaryl/α,β-unsaturated/α-hetero) is 1. The Morgan fingerprint density at radius 1 is 1.07 bits per heavy atom. The molecule has 42 heavy (non-hydrogen) atoms. The normalized spacial score (nSPS) is 21.6. The molecule has 2 aliphatic heterocycles. The van der Waals surface area contributed by atoms with Gasteiger partial charge in [0.2, 0.25) is 11.8 Å². The van der Waals surface area contributed by atoms with Gasteiger partial charge in [-0.05, 0) is 69.7 Å². The molecule has 9 nitrogen and oxygen atoms in total. The molecule has 2 saturated heterocycles. The van der Waals surface area contributed by atoms with Gasteiger partial charge < -0.3 is 15.3 Å². The number of carbonyl (C=O) groups excluding carboxylic acids is 3. The highest BCUT2D eigenvalue weighted by atomic mass is 16.3. The van der Waals surface area contributed by atoms with Gasteiger partial charge in [0.15, 0.2) is 5.78 Å². The molecule has 228 valence electrons. The van der Waals surface area contributed by atoms with Gasteiger partial charge in [-0.3, -0.25) is 19.3 Å². The number of aromatic nitrogens is 2. The van der Waals surface area contributed by atoms with Crippen molar-refractivity contribution in [1.82, 2.24) is 24.9 Å². The summed E-state index contributed by atoms with van der Waals surface area (Å²) < 4.78 is 1.90. The molecule has 0 bridgehead atoms. The zero-order valence-corrected chi connectivity index (χ0v) is 25.5. The number of ketones is 1. The van der Waals surface area contributed by atoms with Gasteiger partial charge in [-0.25, -0.2) is 4.68 Å². The number of rotatable bonds is 10. The summed E-state index contributed by atoms with van der Waals surface area (Å²) in [6.07, 6.45) is 10.0. The van der Waals surface area contributed by atoms with Crippen molar-refractivity contribution in [2.75, 3.05) is 26.2 Å². The minimum atomic E-state index is -0.756. The SMILES string of the molecule is CCCCN1C(=O)[C@H](CC2CCCCC2)NC(=O)C12CCN(Cc1c(C)nn(-c3ccc(C(=O)CO)cc3)c1C)CC2. The maximum absolute atomic E-state index is 13.9. The predicted molar refractivity (Wildman–Crippen MR) is 161 cm³/mol. The molecule has 2 N–H and O–H groups in total. The minimum Gasteiger partial charge on any atom is -0.388 e. The fourth-order valence-corrected chi connectivity index (χ4v) is 7.27. The Kier molecular flexibility index (Phi) is 9.47. The topological polar surface area (TPSA) is 108 Å². The summed E-state index contributed by atoms with van der Waals surface area (Å²) in [7, 11) is 0. The lowest BCUT2D eigenvalue weighted by molar-refractivity contribution is -0.162. The van der Waals surface area contributed by atoms with Crippen LogP contribution in [0.15, 0.2) is 24.3 Å². The number of hydrogen-bond acceptors (Lipinski definition) is 6. The van der Waals surface area contributed by atoms with Gasteiger partial charge in [0.05, 0.1) is 11.4 Å².